The minimum absolute atomic E-state index is 0.135. The maximum atomic E-state index is 12.1. The molecule has 0 fully saturated rings. The van der Waals surface area contributed by atoms with Gasteiger partial charge in [0, 0.05) is 48.4 Å². The van der Waals surface area contributed by atoms with Crippen LogP contribution in [0.4, 0.5) is 5.69 Å². The Labute approximate surface area is 216 Å². The fourth-order valence-electron chi connectivity index (χ4n) is 3.80. The number of aliphatic hydroxyl groups excluding tert-OH is 1. The summed E-state index contributed by atoms with van der Waals surface area (Å²) in [5.74, 6) is 0.726. The van der Waals surface area contributed by atoms with Gasteiger partial charge in [-0.15, -0.1) is 11.3 Å². The second-order valence-corrected chi connectivity index (χ2v) is 10.3. The molecule has 2 aromatic carbocycles. The number of allylic oxidation sites excluding steroid dienone is 1. The number of fused-ring (bicyclic) bond motifs is 1. The lowest BCUT2D eigenvalue weighted by Gasteiger charge is -2.22. The van der Waals surface area contributed by atoms with Crippen molar-refractivity contribution in [2.24, 2.45) is 0 Å². The van der Waals surface area contributed by atoms with Gasteiger partial charge in [0.05, 0.1) is 29.5 Å². The summed E-state index contributed by atoms with van der Waals surface area (Å²) in [5.41, 5.74) is 3.33. The third-order valence-electron chi connectivity index (χ3n) is 5.74. The summed E-state index contributed by atoms with van der Waals surface area (Å²) in [5, 5.41) is 10.1. The van der Waals surface area contributed by atoms with Gasteiger partial charge in [-0.1, -0.05) is 13.3 Å². The molecule has 3 aromatic rings. The number of aldehydes is 1. The van der Waals surface area contributed by atoms with Crippen LogP contribution in [0.15, 0.2) is 41.3 Å². The summed E-state index contributed by atoms with van der Waals surface area (Å²) in [4.78, 5) is 20.1. The Morgan fingerprint density at radius 3 is 2.60 bits per heavy atom. The van der Waals surface area contributed by atoms with Crippen molar-refractivity contribution in [1.82, 2.24) is 9.29 Å². The summed E-state index contributed by atoms with van der Waals surface area (Å²) in [7, 11) is 1.65. The molecule has 0 unspecified atom stereocenters. The first-order chi connectivity index (χ1) is 17.1. The van der Waals surface area contributed by atoms with Crippen molar-refractivity contribution in [2.75, 3.05) is 44.8 Å². The number of hydrogen-bond acceptors (Lipinski definition) is 8. The molecular formula is C27H35N3O3S2. The predicted octanol–water partition coefficient (Wildman–Crippen LogP) is 5.99. The molecule has 0 aliphatic rings. The number of methoxy groups -OCH3 is 1. The SMILES string of the molecule is CCCCN(CCO)Sc1ccc2nc(/C(C=O)=C/c3ccc(N(CC)CC)cc3OC)sc2c1. The van der Waals surface area contributed by atoms with E-state index in [-0.39, 0.29) is 6.61 Å². The van der Waals surface area contributed by atoms with Gasteiger partial charge in [0.1, 0.15) is 10.8 Å². The molecular weight excluding hydrogens is 478 g/mol. The fraction of sp³-hybridized carbons (Fsp3) is 0.407. The first kappa shape index (κ1) is 27.2. The lowest BCUT2D eigenvalue weighted by atomic mass is 10.1. The van der Waals surface area contributed by atoms with E-state index >= 15 is 0 Å². The maximum absolute atomic E-state index is 12.1. The van der Waals surface area contributed by atoms with Gasteiger partial charge < -0.3 is 14.7 Å². The summed E-state index contributed by atoms with van der Waals surface area (Å²) in [6.07, 6.45) is 4.91. The summed E-state index contributed by atoms with van der Waals surface area (Å²) in [6, 6.07) is 12.2. The lowest BCUT2D eigenvalue weighted by Crippen LogP contribution is -2.21. The third kappa shape index (κ3) is 7.07. The number of thiazole rings is 1. The number of benzene rings is 2. The van der Waals surface area contributed by atoms with Gasteiger partial charge >= 0.3 is 0 Å². The van der Waals surface area contributed by atoms with E-state index in [0.717, 1.165) is 70.9 Å². The molecule has 6 nitrogen and oxygen atoms in total. The molecule has 0 atom stereocenters. The van der Waals surface area contributed by atoms with Crippen molar-refractivity contribution in [3.63, 3.8) is 0 Å². The highest BCUT2D eigenvalue weighted by atomic mass is 32.2. The van der Waals surface area contributed by atoms with Crippen molar-refractivity contribution >= 4 is 57.1 Å². The van der Waals surface area contributed by atoms with Gasteiger partial charge in [-0.05, 0) is 68.6 Å². The van der Waals surface area contributed by atoms with Crippen molar-refractivity contribution in [3.8, 4) is 5.75 Å². The van der Waals surface area contributed by atoms with Gasteiger partial charge in [0.15, 0.2) is 6.29 Å². The summed E-state index contributed by atoms with van der Waals surface area (Å²) in [6.45, 7) is 9.94. The number of rotatable bonds is 14. The molecule has 188 valence electrons. The molecule has 0 amide bonds. The van der Waals surface area contributed by atoms with E-state index in [9.17, 15) is 9.90 Å². The fourth-order valence-corrected chi connectivity index (χ4v) is 5.85. The minimum atomic E-state index is 0.135. The van der Waals surface area contributed by atoms with E-state index in [4.69, 9.17) is 9.72 Å². The highest BCUT2D eigenvalue weighted by Gasteiger charge is 2.13. The van der Waals surface area contributed by atoms with Crippen LogP contribution in [0.1, 0.15) is 44.2 Å². The molecule has 1 N–H and O–H groups in total. The Morgan fingerprint density at radius 2 is 1.94 bits per heavy atom. The smallest absolute Gasteiger partial charge is 0.153 e. The molecule has 0 bridgehead atoms. The largest absolute Gasteiger partial charge is 0.496 e. The Balaban J connectivity index is 1.89. The molecule has 0 aliphatic heterocycles. The van der Waals surface area contributed by atoms with Crippen LogP contribution in [0.2, 0.25) is 0 Å². The Morgan fingerprint density at radius 1 is 1.14 bits per heavy atom. The van der Waals surface area contributed by atoms with Crippen LogP contribution in [0.5, 0.6) is 5.75 Å². The van der Waals surface area contributed by atoms with E-state index in [1.165, 1.54) is 11.3 Å². The van der Waals surface area contributed by atoms with Crippen LogP contribution < -0.4 is 9.64 Å². The Kier molecular flexibility index (Phi) is 10.6. The number of unbranched alkanes of at least 4 members (excludes halogenated alkanes) is 1. The predicted molar refractivity (Wildman–Crippen MR) is 150 cm³/mol. The molecule has 0 radical (unpaired) electrons. The monoisotopic (exact) mass is 513 g/mol. The maximum Gasteiger partial charge on any atom is 0.153 e. The molecule has 0 aliphatic carbocycles. The first-order valence-corrected chi connectivity index (χ1v) is 13.7. The van der Waals surface area contributed by atoms with E-state index in [1.54, 1.807) is 19.1 Å². The number of anilines is 1. The highest BCUT2D eigenvalue weighted by Crippen LogP contribution is 2.34. The van der Waals surface area contributed by atoms with Crippen LogP contribution >= 0.6 is 23.3 Å². The molecule has 3 rings (SSSR count). The van der Waals surface area contributed by atoms with Crippen LogP contribution in [0.3, 0.4) is 0 Å². The molecule has 8 heteroatoms. The van der Waals surface area contributed by atoms with E-state index in [2.05, 4.69) is 42.1 Å². The molecule has 0 saturated carbocycles. The molecule has 0 spiro atoms. The second kappa shape index (κ2) is 13.6. The summed E-state index contributed by atoms with van der Waals surface area (Å²) >= 11 is 3.16. The number of aliphatic hydroxyl groups is 1. The van der Waals surface area contributed by atoms with Gasteiger partial charge in [-0.2, -0.15) is 0 Å². The van der Waals surface area contributed by atoms with Gasteiger partial charge in [0.25, 0.3) is 0 Å². The number of carbonyl (C=O) groups excluding carboxylic acids is 1. The Bertz CT molecular complexity index is 1140. The number of carbonyl (C=O) groups is 1. The summed E-state index contributed by atoms with van der Waals surface area (Å²) < 4.78 is 8.86. The zero-order valence-corrected chi connectivity index (χ0v) is 22.6. The standard InChI is InChI=1S/C27H35N3O3S2/c1-5-8-13-30(14-15-31)35-23-11-12-24-26(18-23)34-27(28-24)21(19-32)16-20-9-10-22(17-25(20)33-4)29(6-2)7-3/h9-12,16-19,31H,5-8,13-15H2,1-4H3/b21-16+. The van der Waals surface area contributed by atoms with Gasteiger partial charge in [-0.25, -0.2) is 9.29 Å². The quantitative estimate of drug-likeness (QED) is 0.161. The van der Waals surface area contributed by atoms with Crippen LogP contribution in [-0.4, -0.2) is 60.6 Å². The average molecular weight is 514 g/mol. The first-order valence-electron chi connectivity index (χ1n) is 12.1. The molecule has 0 saturated heterocycles. The van der Waals surface area contributed by atoms with E-state index in [1.807, 2.05) is 30.3 Å². The van der Waals surface area contributed by atoms with E-state index in [0.29, 0.717) is 17.1 Å². The van der Waals surface area contributed by atoms with Crippen molar-refractivity contribution in [2.45, 2.75) is 38.5 Å². The van der Waals surface area contributed by atoms with E-state index < -0.39 is 0 Å². The van der Waals surface area contributed by atoms with Crippen molar-refractivity contribution < 1.29 is 14.6 Å². The molecule has 1 aromatic heterocycles. The number of aromatic nitrogens is 1. The van der Waals surface area contributed by atoms with Crippen LogP contribution in [0, 0.1) is 0 Å². The topological polar surface area (TPSA) is 65.9 Å². The van der Waals surface area contributed by atoms with Gasteiger partial charge in [0.2, 0.25) is 0 Å². The van der Waals surface area contributed by atoms with Gasteiger partial charge in [-0.3, -0.25) is 4.79 Å². The number of nitrogens with zero attached hydrogens (tertiary/aromatic N) is 3. The third-order valence-corrected chi connectivity index (χ3v) is 7.89. The number of hydrogen-bond donors (Lipinski definition) is 1. The van der Waals surface area contributed by atoms with Crippen LogP contribution in [-0.2, 0) is 4.79 Å². The Hall–Kier alpha value is -2.39. The number of ether oxygens (including phenoxy) is 1. The van der Waals surface area contributed by atoms with Crippen LogP contribution in [0.25, 0.3) is 21.9 Å². The molecule has 35 heavy (non-hydrogen) atoms. The normalized spacial score (nSPS) is 11.9. The lowest BCUT2D eigenvalue weighted by molar-refractivity contribution is -0.103. The molecule has 1 heterocycles. The minimum Gasteiger partial charge on any atom is -0.496 e. The average Bonchev–Trinajstić information content (AvgIpc) is 3.30. The second-order valence-electron chi connectivity index (χ2n) is 8.06. The van der Waals surface area contributed by atoms with Crippen molar-refractivity contribution in [1.29, 1.82) is 0 Å². The highest BCUT2D eigenvalue weighted by molar-refractivity contribution is 7.97. The van der Waals surface area contributed by atoms with Crippen molar-refractivity contribution in [3.05, 3.63) is 47.0 Å². The zero-order chi connectivity index (χ0) is 25.2. The zero-order valence-electron chi connectivity index (χ0n) is 21.0.